The van der Waals surface area contributed by atoms with Crippen LogP contribution in [0.2, 0.25) is 0 Å². The summed E-state index contributed by atoms with van der Waals surface area (Å²) in [4.78, 5) is 0. The van der Waals surface area contributed by atoms with Crippen LogP contribution in [-0.4, -0.2) is 0 Å². The summed E-state index contributed by atoms with van der Waals surface area (Å²) in [6.07, 6.45) is 14.4. The second-order valence-electron chi connectivity index (χ2n) is 7.23. The molecule has 0 heterocycles. The van der Waals surface area contributed by atoms with Gasteiger partial charge in [-0.15, -0.1) is 0 Å². The molecule has 0 heteroatoms. The van der Waals surface area contributed by atoms with Crippen LogP contribution in [0.5, 0.6) is 0 Å². The predicted molar refractivity (Wildman–Crippen MR) is 84.9 cm³/mol. The van der Waals surface area contributed by atoms with Gasteiger partial charge in [-0.3, -0.25) is 0 Å². The SMILES string of the molecule is CC(C)C1=CC(C(C)(C)C2C=CC(C(C)C)=C2)C=C1. The van der Waals surface area contributed by atoms with Gasteiger partial charge in [-0.2, -0.15) is 0 Å². The van der Waals surface area contributed by atoms with Crippen molar-refractivity contribution in [1.29, 1.82) is 0 Å². The summed E-state index contributed by atoms with van der Waals surface area (Å²) >= 11 is 0. The number of rotatable bonds is 4. The third kappa shape index (κ3) is 2.78. The first kappa shape index (κ1) is 14.4. The Bertz CT molecular complexity index is 410. The van der Waals surface area contributed by atoms with Crippen LogP contribution in [0.25, 0.3) is 0 Å². The van der Waals surface area contributed by atoms with Crippen LogP contribution < -0.4 is 0 Å². The molecule has 0 fully saturated rings. The van der Waals surface area contributed by atoms with Gasteiger partial charge in [-0.1, -0.05) is 78.0 Å². The van der Waals surface area contributed by atoms with Gasteiger partial charge in [0.05, 0.1) is 0 Å². The molecule has 0 N–H and O–H groups in total. The molecule has 2 aliphatic rings. The van der Waals surface area contributed by atoms with Gasteiger partial charge in [0.2, 0.25) is 0 Å². The Morgan fingerprint density at radius 1 is 0.789 bits per heavy atom. The molecule has 0 aromatic rings. The number of hydrogen-bond donors (Lipinski definition) is 0. The van der Waals surface area contributed by atoms with Crippen LogP contribution in [0.3, 0.4) is 0 Å². The smallest absolute Gasteiger partial charge is 0.00155 e. The Balaban J connectivity index is 2.17. The zero-order valence-corrected chi connectivity index (χ0v) is 13.3. The van der Waals surface area contributed by atoms with Gasteiger partial charge >= 0.3 is 0 Å². The molecular weight excluding hydrogens is 228 g/mol. The average Bonchev–Trinajstić information content (AvgIpc) is 2.99. The average molecular weight is 256 g/mol. The van der Waals surface area contributed by atoms with Gasteiger partial charge in [0.1, 0.15) is 0 Å². The van der Waals surface area contributed by atoms with Crippen LogP contribution in [0, 0.1) is 29.1 Å². The van der Waals surface area contributed by atoms with Crippen molar-refractivity contribution in [3.63, 3.8) is 0 Å². The first-order valence-electron chi connectivity index (χ1n) is 7.62. The Labute approximate surface area is 119 Å². The molecule has 0 saturated carbocycles. The lowest BCUT2D eigenvalue weighted by Gasteiger charge is -2.34. The van der Waals surface area contributed by atoms with Crippen LogP contribution in [0.4, 0.5) is 0 Å². The third-order valence-corrected chi connectivity index (χ3v) is 4.79. The van der Waals surface area contributed by atoms with Crippen molar-refractivity contribution in [3.05, 3.63) is 47.6 Å². The maximum Gasteiger partial charge on any atom is 0.00155 e. The summed E-state index contributed by atoms with van der Waals surface area (Å²) in [5.74, 6) is 2.39. The maximum atomic E-state index is 2.47. The van der Waals surface area contributed by atoms with E-state index >= 15 is 0 Å². The predicted octanol–water partition coefficient (Wildman–Crippen LogP) is 5.55. The highest BCUT2D eigenvalue weighted by molar-refractivity contribution is 5.36. The van der Waals surface area contributed by atoms with Gasteiger partial charge in [0.25, 0.3) is 0 Å². The topological polar surface area (TPSA) is 0 Å². The van der Waals surface area contributed by atoms with Gasteiger partial charge in [-0.05, 0) is 28.4 Å². The van der Waals surface area contributed by atoms with E-state index < -0.39 is 0 Å². The molecule has 104 valence electrons. The molecule has 0 saturated heterocycles. The molecular formula is C19H28. The zero-order chi connectivity index (χ0) is 14.2. The van der Waals surface area contributed by atoms with Crippen LogP contribution in [-0.2, 0) is 0 Å². The van der Waals surface area contributed by atoms with E-state index in [0.717, 1.165) is 0 Å². The normalized spacial score (nSPS) is 26.5. The summed E-state index contributed by atoms with van der Waals surface area (Å²) in [5, 5.41) is 0. The second kappa shape index (κ2) is 5.15. The Kier molecular flexibility index (Phi) is 3.90. The Morgan fingerprint density at radius 3 is 1.42 bits per heavy atom. The monoisotopic (exact) mass is 256 g/mol. The van der Waals surface area contributed by atoms with Crippen molar-refractivity contribution in [3.8, 4) is 0 Å². The molecule has 0 radical (unpaired) electrons. The molecule has 2 unspecified atom stereocenters. The highest BCUT2D eigenvalue weighted by atomic mass is 14.4. The Hall–Kier alpha value is -1.04. The van der Waals surface area contributed by atoms with E-state index in [9.17, 15) is 0 Å². The first-order chi connectivity index (χ1) is 8.82. The molecule has 2 aliphatic carbocycles. The maximum absolute atomic E-state index is 2.47. The molecule has 0 aliphatic heterocycles. The molecule has 0 aromatic carbocycles. The van der Waals surface area contributed by atoms with E-state index in [4.69, 9.17) is 0 Å². The van der Waals surface area contributed by atoms with E-state index in [-0.39, 0.29) is 5.41 Å². The minimum atomic E-state index is 0.264. The fourth-order valence-electron chi connectivity index (χ4n) is 2.98. The summed E-state index contributed by atoms with van der Waals surface area (Å²) in [6.45, 7) is 13.9. The van der Waals surface area contributed by atoms with E-state index in [1.807, 2.05) is 0 Å². The van der Waals surface area contributed by atoms with Gasteiger partial charge in [0, 0.05) is 11.8 Å². The zero-order valence-electron chi connectivity index (χ0n) is 13.3. The quantitative estimate of drug-likeness (QED) is 0.618. The first-order valence-corrected chi connectivity index (χ1v) is 7.62. The van der Waals surface area contributed by atoms with Gasteiger partial charge in [0.15, 0.2) is 0 Å². The largest absolute Gasteiger partial charge is 0.0768 e. The summed E-state index contributed by atoms with van der Waals surface area (Å²) in [7, 11) is 0. The second-order valence-corrected chi connectivity index (χ2v) is 7.23. The van der Waals surface area contributed by atoms with E-state index in [0.29, 0.717) is 23.7 Å². The van der Waals surface area contributed by atoms with Crippen LogP contribution in [0.15, 0.2) is 47.6 Å². The Morgan fingerprint density at radius 2 is 1.16 bits per heavy atom. The lowest BCUT2D eigenvalue weighted by Crippen LogP contribution is -2.27. The van der Waals surface area contributed by atoms with E-state index in [1.54, 1.807) is 0 Å². The molecule has 0 spiro atoms. The van der Waals surface area contributed by atoms with Crippen molar-refractivity contribution in [2.24, 2.45) is 29.1 Å². The van der Waals surface area contributed by atoms with Crippen molar-refractivity contribution >= 4 is 0 Å². The minimum absolute atomic E-state index is 0.264. The highest BCUT2D eigenvalue weighted by Gasteiger charge is 2.35. The molecule has 0 amide bonds. The highest BCUT2D eigenvalue weighted by Crippen LogP contribution is 2.44. The van der Waals surface area contributed by atoms with Gasteiger partial charge < -0.3 is 0 Å². The molecule has 0 nitrogen and oxygen atoms in total. The fourth-order valence-corrected chi connectivity index (χ4v) is 2.98. The van der Waals surface area contributed by atoms with Crippen molar-refractivity contribution in [1.82, 2.24) is 0 Å². The van der Waals surface area contributed by atoms with Crippen molar-refractivity contribution in [2.45, 2.75) is 41.5 Å². The molecule has 2 rings (SSSR count). The van der Waals surface area contributed by atoms with Crippen molar-refractivity contribution < 1.29 is 0 Å². The molecule has 19 heavy (non-hydrogen) atoms. The number of hydrogen-bond acceptors (Lipinski definition) is 0. The third-order valence-electron chi connectivity index (χ3n) is 4.79. The molecule has 0 aromatic heterocycles. The standard InChI is InChI=1S/C19H28/c1-13(2)15-7-9-17(11-15)19(5,6)18-10-8-16(12-18)14(3)4/h7-14,17-18H,1-6H3. The molecule has 2 atom stereocenters. The lowest BCUT2D eigenvalue weighted by molar-refractivity contribution is 0.251. The van der Waals surface area contributed by atoms with Crippen molar-refractivity contribution in [2.75, 3.05) is 0 Å². The number of allylic oxidation sites excluding steroid dienone is 8. The summed E-state index contributed by atoms with van der Waals surface area (Å²) < 4.78 is 0. The summed E-state index contributed by atoms with van der Waals surface area (Å²) in [5.41, 5.74) is 3.25. The van der Waals surface area contributed by atoms with E-state index in [2.05, 4.69) is 78.0 Å². The lowest BCUT2D eigenvalue weighted by atomic mass is 9.70. The van der Waals surface area contributed by atoms with Crippen LogP contribution in [0.1, 0.15) is 41.5 Å². The fraction of sp³-hybridized carbons (Fsp3) is 0.579. The van der Waals surface area contributed by atoms with Crippen LogP contribution >= 0.6 is 0 Å². The minimum Gasteiger partial charge on any atom is -0.0768 e. The summed E-state index contributed by atoms with van der Waals surface area (Å²) in [6, 6.07) is 0. The molecule has 0 bridgehead atoms. The van der Waals surface area contributed by atoms with E-state index in [1.165, 1.54) is 11.1 Å². The van der Waals surface area contributed by atoms with Gasteiger partial charge in [-0.25, -0.2) is 0 Å².